The summed E-state index contributed by atoms with van der Waals surface area (Å²) in [5, 5.41) is 8.90. The summed E-state index contributed by atoms with van der Waals surface area (Å²) in [6, 6.07) is 9.58. The fraction of sp³-hybridized carbons (Fsp3) is 0.214. The molecule has 2 N–H and O–H groups in total. The number of carboxylic acid groups (broad SMARTS) is 1. The third kappa shape index (κ3) is 4.17. The number of aryl methyl sites for hydroxylation is 1. The maximum absolute atomic E-state index is 12.0. The zero-order chi connectivity index (χ0) is 15.5. The first-order chi connectivity index (χ1) is 9.87. The molecule has 1 aromatic heterocycles. The molecule has 21 heavy (non-hydrogen) atoms. The Morgan fingerprint density at radius 2 is 2.05 bits per heavy atom. The van der Waals surface area contributed by atoms with Crippen molar-refractivity contribution in [3.63, 3.8) is 0 Å². The van der Waals surface area contributed by atoms with Gasteiger partial charge < -0.3 is 9.67 Å². The van der Waals surface area contributed by atoms with Crippen LogP contribution in [0.1, 0.15) is 21.6 Å². The summed E-state index contributed by atoms with van der Waals surface area (Å²) in [7, 11) is -1.69. The van der Waals surface area contributed by atoms with E-state index in [2.05, 4.69) is 4.72 Å². The van der Waals surface area contributed by atoms with E-state index in [1.54, 1.807) is 6.07 Å². The van der Waals surface area contributed by atoms with Crippen molar-refractivity contribution in [2.45, 2.75) is 12.3 Å². The van der Waals surface area contributed by atoms with E-state index in [1.807, 2.05) is 29.9 Å². The fourth-order valence-electron chi connectivity index (χ4n) is 1.93. The van der Waals surface area contributed by atoms with Gasteiger partial charge in [0.15, 0.2) is 0 Å². The number of nitrogens with one attached hydrogen (secondary N) is 1. The Bertz CT molecular complexity index is 750. The molecule has 0 aliphatic heterocycles. The molecular weight excluding hydrogens is 292 g/mol. The molecule has 0 aliphatic rings. The number of sulfonamides is 1. The smallest absolute Gasteiger partial charge is 0.335 e. The lowest BCUT2D eigenvalue weighted by Crippen LogP contribution is -2.25. The van der Waals surface area contributed by atoms with Gasteiger partial charge in [-0.2, -0.15) is 0 Å². The number of aromatic nitrogens is 1. The zero-order valence-electron chi connectivity index (χ0n) is 11.5. The number of nitrogens with zero attached hydrogens (tertiary/aromatic N) is 1. The average Bonchev–Trinajstić information content (AvgIpc) is 2.82. The van der Waals surface area contributed by atoms with Gasteiger partial charge >= 0.3 is 5.97 Å². The van der Waals surface area contributed by atoms with Gasteiger partial charge in [0, 0.05) is 18.9 Å². The van der Waals surface area contributed by atoms with Crippen LogP contribution in [0, 0.1) is 0 Å². The molecule has 0 fully saturated rings. The van der Waals surface area contributed by atoms with Crippen molar-refractivity contribution in [1.82, 2.24) is 9.29 Å². The summed E-state index contributed by atoms with van der Waals surface area (Å²) in [4.78, 5) is 10.9. The predicted molar refractivity (Wildman–Crippen MR) is 78.3 cm³/mol. The van der Waals surface area contributed by atoms with E-state index in [0.717, 1.165) is 5.69 Å². The van der Waals surface area contributed by atoms with Gasteiger partial charge in [0.1, 0.15) is 0 Å². The first kappa shape index (κ1) is 15.3. The van der Waals surface area contributed by atoms with Crippen molar-refractivity contribution in [2.75, 3.05) is 0 Å². The van der Waals surface area contributed by atoms with Crippen LogP contribution >= 0.6 is 0 Å². The van der Waals surface area contributed by atoms with Crippen LogP contribution in [0.15, 0.2) is 42.6 Å². The molecule has 0 amide bonds. The van der Waals surface area contributed by atoms with Crippen LogP contribution in [0.25, 0.3) is 0 Å². The third-order valence-corrected chi connectivity index (χ3v) is 4.35. The van der Waals surface area contributed by atoms with E-state index in [1.165, 1.54) is 18.2 Å². The zero-order valence-corrected chi connectivity index (χ0v) is 12.3. The molecule has 7 heteroatoms. The molecule has 0 aliphatic carbocycles. The van der Waals surface area contributed by atoms with Crippen LogP contribution < -0.4 is 4.72 Å². The molecule has 0 saturated carbocycles. The first-order valence-electron chi connectivity index (χ1n) is 6.27. The summed E-state index contributed by atoms with van der Waals surface area (Å²) in [6.45, 7) is 0.199. The van der Waals surface area contributed by atoms with E-state index in [4.69, 9.17) is 5.11 Å². The number of carbonyl (C=O) groups is 1. The lowest BCUT2D eigenvalue weighted by atomic mass is 10.1. The normalized spacial score (nSPS) is 11.5. The Balaban J connectivity index is 2.05. The number of hydrogen-bond donors (Lipinski definition) is 2. The van der Waals surface area contributed by atoms with Crippen LogP contribution in [-0.4, -0.2) is 24.1 Å². The van der Waals surface area contributed by atoms with Crippen LogP contribution in [0.3, 0.4) is 0 Å². The van der Waals surface area contributed by atoms with Gasteiger partial charge in [-0.3, -0.25) is 0 Å². The fourth-order valence-corrected chi connectivity index (χ4v) is 3.02. The van der Waals surface area contributed by atoms with Gasteiger partial charge in [-0.1, -0.05) is 12.1 Å². The number of aromatic carboxylic acids is 1. The summed E-state index contributed by atoms with van der Waals surface area (Å²) in [6.07, 6.45) is 1.83. The molecule has 2 aromatic rings. The van der Waals surface area contributed by atoms with E-state index in [-0.39, 0.29) is 17.9 Å². The van der Waals surface area contributed by atoms with Crippen molar-refractivity contribution in [3.05, 3.63) is 59.4 Å². The standard InChI is InChI=1S/C14H16N2O4S/c1-16-7-3-6-13(16)9-15-21(19,20)10-11-4-2-5-12(8-11)14(17)18/h2-8,15H,9-10H2,1H3,(H,17,18). The van der Waals surface area contributed by atoms with E-state index >= 15 is 0 Å². The predicted octanol–water partition coefficient (Wildman–Crippen LogP) is 1.34. The van der Waals surface area contributed by atoms with Gasteiger partial charge in [-0.15, -0.1) is 0 Å². The molecule has 1 heterocycles. The van der Waals surface area contributed by atoms with Crippen molar-refractivity contribution in [2.24, 2.45) is 7.05 Å². The summed E-state index contributed by atoms with van der Waals surface area (Å²) < 4.78 is 28.4. The molecule has 0 bridgehead atoms. The van der Waals surface area contributed by atoms with Crippen molar-refractivity contribution >= 4 is 16.0 Å². The van der Waals surface area contributed by atoms with Crippen LogP contribution in [0.4, 0.5) is 0 Å². The number of carboxylic acids is 1. The molecule has 2 rings (SSSR count). The Hall–Kier alpha value is -2.12. The second kappa shape index (κ2) is 6.11. The highest BCUT2D eigenvalue weighted by Gasteiger charge is 2.13. The van der Waals surface area contributed by atoms with Crippen molar-refractivity contribution < 1.29 is 18.3 Å². The highest BCUT2D eigenvalue weighted by Crippen LogP contribution is 2.09. The van der Waals surface area contributed by atoms with Crippen molar-refractivity contribution in [1.29, 1.82) is 0 Å². The highest BCUT2D eigenvalue weighted by atomic mass is 32.2. The maximum Gasteiger partial charge on any atom is 0.335 e. The Labute approximate surface area is 123 Å². The summed E-state index contributed by atoms with van der Waals surface area (Å²) in [5.74, 6) is -1.33. The first-order valence-corrected chi connectivity index (χ1v) is 7.92. The largest absolute Gasteiger partial charge is 0.478 e. The number of rotatable bonds is 6. The third-order valence-electron chi connectivity index (χ3n) is 3.06. The Morgan fingerprint density at radius 1 is 1.29 bits per heavy atom. The number of hydrogen-bond acceptors (Lipinski definition) is 3. The highest BCUT2D eigenvalue weighted by molar-refractivity contribution is 7.88. The molecule has 112 valence electrons. The Morgan fingerprint density at radius 3 is 2.67 bits per heavy atom. The molecule has 1 aromatic carbocycles. The topological polar surface area (TPSA) is 88.4 Å². The van der Waals surface area contributed by atoms with Gasteiger partial charge in [0.2, 0.25) is 10.0 Å². The van der Waals surface area contributed by atoms with Crippen LogP contribution in [0.5, 0.6) is 0 Å². The van der Waals surface area contributed by atoms with E-state index in [9.17, 15) is 13.2 Å². The van der Waals surface area contributed by atoms with E-state index < -0.39 is 16.0 Å². The minimum absolute atomic E-state index is 0.0742. The molecular formula is C14H16N2O4S. The van der Waals surface area contributed by atoms with Gasteiger partial charge in [-0.05, 0) is 29.8 Å². The lowest BCUT2D eigenvalue weighted by Gasteiger charge is -2.08. The second-order valence-corrected chi connectivity index (χ2v) is 6.50. The van der Waals surface area contributed by atoms with Gasteiger partial charge in [0.25, 0.3) is 0 Å². The molecule has 0 radical (unpaired) electrons. The minimum atomic E-state index is -3.53. The molecule has 0 spiro atoms. The van der Waals surface area contributed by atoms with E-state index in [0.29, 0.717) is 5.56 Å². The van der Waals surface area contributed by atoms with Crippen LogP contribution in [0.2, 0.25) is 0 Å². The van der Waals surface area contributed by atoms with Crippen LogP contribution in [-0.2, 0) is 29.4 Å². The Kier molecular flexibility index (Phi) is 4.44. The number of benzene rings is 1. The summed E-state index contributed by atoms with van der Waals surface area (Å²) >= 11 is 0. The average molecular weight is 308 g/mol. The molecule has 6 nitrogen and oxygen atoms in total. The van der Waals surface area contributed by atoms with Crippen molar-refractivity contribution in [3.8, 4) is 0 Å². The SMILES string of the molecule is Cn1cccc1CNS(=O)(=O)Cc1cccc(C(=O)O)c1. The summed E-state index contributed by atoms with van der Waals surface area (Å²) in [5.41, 5.74) is 1.36. The lowest BCUT2D eigenvalue weighted by molar-refractivity contribution is 0.0696. The van der Waals surface area contributed by atoms with Gasteiger partial charge in [0.05, 0.1) is 17.9 Å². The molecule has 0 atom stereocenters. The second-order valence-electron chi connectivity index (χ2n) is 4.70. The quantitative estimate of drug-likeness (QED) is 0.843. The monoisotopic (exact) mass is 308 g/mol. The van der Waals surface area contributed by atoms with Gasteiger partial charge in [-0.25, -0.2) is 17.9 Å². The molecule has 0 saturated heterocycles. The molecule has 0 unspecified atom stereocenters. The maximum atomic E-state index is 12.0. The minimum Gasteiger partial charge on any atom is -0.478 e.